The predicted molar refractivity (Wildman–Crippen MR) is 130 cm³/mol. The molecule has 0 saturated carbocycles. The van der Waals surface area contributed by atoms with Gasteiger partial charge in [-0.15, -0.1) is 24.0 Å². The molecule has 1 aromatic carbocycles. The van der Waals surface area contributed by atoms with Crippen molar-refractivity contribution in [2.24, 2.45) is 10.9 Å². The van der Waals surface area contributed by atoms with Gasteiger partial charge < -0.3 is 20.3 Å². The van der Waals surface area contributed by atoms with Gasteiger partial charge in [0.2, 0.25) is 0 Å². The Labute approximate surface area is 188 Å². The second-order valence-electron chi connectivity index (χ2n) is 8.33. The molecular formula is C22H39IN4O. The van der Waals surface area contributed by atoms with Crippen LogP contribution in [0.4, 0.5) is 0 Å². The molecular weight excluding hydrogens is 463 g/mol. The lowest BCUT2D eigenvalue weighted by Gasteiger charge is -2.33. The summed E-state index contributed by atoms with van der Waals surface area (Å²) < 4.78 is 5.46. The van der Waals surface area contributed by atoms with E-state index in [9.17, 15) is 0 Å². The van der Waals surface area contributed by atoms with Crippen LogP contribution >= 0.6 is 24.0 Å². The van der Waals surface area contributed by atoms with Gasteiger partial charge in [-0.1, -0.05) is 30.3 Å². The normalized spacial score (nSPS) is 17.0. The molecule has 1 fully saturated rings. The van der Waals surface area contributed by atoms with Crippen molar-refractivity contribution in [2.45, 2.75) is 51.6 Å². The van der Waals surface area contributed by atoms with E-state index in [4.69, 9.17) is 4.74 Å². The minimum atomic E-state index is -0.0489. The molecule has 2 rings (SSSR count). The zero-order valence-electron chi connectivity index (χ0n) is 18.2. The maximum atomic E-state index is 5.46. The molecule has 1 aromatic rings. The predicted octanol–water partition coefficient (Wildman–Crippen LogP) is 4.06. The van der Waals surface area contributed by atoms with Gasteiger partial charge in [-0.3, -0.25) is 4.99 Å². The standard InChI is InChI=1S/C22H38N4O.HI/c1-18(20-9-7-6-8-10-20)25-22(2,3)17-24-21(23-4)26(5)14-11-19-12-15-27-16-13-19;/h6-10,18-19,25H,11-17H2,1-5H3,(H,23,24);1H. The van der Waals surface area contributed by atoms with Gasteiger partial charge in [0.1, 0.15) is 0 Å². The second kappa shape index (κ2) is 12.6. The van der Waals surface area contributed by atoms with Crippen molar-refractivity contribution in [3.05, 3.63) is 35.9 Å². The van der Waals surface area contributed by atoms with E-state index in [0.717, 1.165) is 38.2 Å². The number of rotatable bonds is 8. The van der Waals surface area contributed by atoms with E-state index < -0.39 is 0 Å². The van der Waals surface area contributed by atoms with Crippen LogP contribution in [-0.2, 0) is 4.74 Å². The fourth-order valence-electron chi connectivity index (χ4n) is 3.66. The molecule has 0 amide bonds. The lowest BCUT2D eigenvalue weighted by Crippen LogP contribution is -2.52. The first-order valence-electron chi connectivity index (χ1n) is 10.2. The molecule has 28 heavy (non-hydrogen) atoms. The fraction of sp³-hybridized carbons (Fsp3) is 0.682. The first kappa shape index (κ1) is 25.2. The second-order valence-corrected chi connectivity index (χ2v) is 8.33. The highest BCUT2D eigenvalue weighted by Gasteiger charge is 2.22. The maximum absolute atomic E-state index is 5.46. The van der Waals surface area contributed by atoms with Crippen molar-refractivity contribution in [1.82, 2.24) is 15.5 Å². The number of hydrogen-bond donors (Lipinski definition) is 2. The number of ether oxygens (including phenoxy) is 1. The van der Waals surface area contributed by atoms with E-state index in [0.29, 0.717) is 6.04 Å². The van der Waals surface area contributed by atoms with Gasteiger partial charge in [0.15, 0.2) is 5.96 Å². The average Bonchev–Trinajstić information content (AvgIpc) is 2.68. The lowest BCUT2D eigenvalue weighted by atomic mass is 9.96. The molecule has 0 bridgehead atoms. The Balaban J connectivity index is 0.00000392. The van der Waals surface area contributed by atoms with Crippen molar-refractivity contribution in [2.75, 3.05) is 40.4 Å². The smallest absolute Gasteiger partial charge is 0.193 e. The highest BCUT2D eigenvalue weighted by atomic mass is 127. The van der Waals surface area contributed by atoms with Crippen molar-refractivity contribution >= 4 is 29.9 Å². The number of nitrogens with one attached hydrogen (secondary N) is 2. The Morgan fingerprint density at radius 1 is 1.25 bits per heavy atom. The third kappa shape index (κ3) is 8.66. The zero-order valence-corrected chi connectivity index (χ0v) is 20.5. The largest absolute Gasteiger partial charge is 0.381 e. The van der Waals surface area contributed by atoms with E-state index in [1.54, 1.807) is 0 Å². The van der Waals surface area contributed by atoms with Crippen molar-refractivity contribution < 1.29 is 4.74 Å². The Kier molecular flexibility index (Phi) is 11.4. The quantitative estimate of drug-likeness (QED) is 0.320. The van der Waals surface area contributed by atoms with Crippen LogP contribution in [0.25, 0.3) is 0 Å². The van der Waals surface area contributed by atoms with E-state index >= 15 is 0 Å². The summed E-state index contributed by atoms with van der Waals surface area (Å²) in [6.45, 7) is 10.4. The lowest BCUT2D eigenvalue weighted by molar-refractivity contribution is 0.0625. The summed E-state index contributed by atoms with van der Waals surface area (Å²) in [7, 11) is 3.99. The van der Waals surface area contributed by atoms with Crippen LogP contribution in [0.2, 0.25) is 0 Å². The van der Waals surface area contributed by atoms with Gasteiger partial charge in [0.25, 0.3) is 0 Å². The van der Waals surface area contributed by atoms with Gasteiger partial charge in [-0.2, -0.15) is 0 Å². The number of guanidine groups is 1. The van der Waals surface area contributed by atoms with Crippen LogP contribution in [0.1, 0.15) is 51.6 Å². The minimum Gasteiger partial charge on any atom is -0.381 e. The molecule has 6 heteroatoms. The van der Waals surface area contributed by atoms with Crippen molar-refractivity contribution in [1.29, 1.82) is 0 Å². The van der Waals surface area contributed by atoms with Crippen LogP contribution in [0, 0.1) is 5.92 Å². The Hall–Kier alpha value is -0.860. The molecule has 0 aliphatic carbocycles. The Morgan fingerprint density at radius 2 is 1.89 bits per heavy atom. The van der Waals surface area contributed by atoms with Crippen LogP contribution in [-0.4, -0.2) is 56.8 Å². The van der Waals surface area contributed by atoms with Crippen LogP contribution in [0.3, 0.4) is 0 Å². The minimum absolute atomic E-state index is 0. The number of halogens is 1. The summed E-state index contributed by atoms with van der Waals surface area (Å²) in [6, 6.07) is 10.9. The van der Waals surface area contributed by atoms with Gasteiger partial charge in [0.05, 0.1) is 0 Å². The zero-order chi connectivity index (χ0) is 19.7. The molecule has 1 aliphatic heterocycles. The first-order chi connectivity index (χ1) is 12.9. The summed E-state index contributed by atoms with van der Waals surface area (Å²) in [5, 5.41) is 7.27. The van der Waals surface area contributed by atoms with Gasteiger partial charge >= 0.3 is 0 Å². The molecule has 0 radical (unpaired) electrons. The molecule has 1 saturated heterocycles. The summed E-state index contributed by atoms with van der Waals surface area (Å²) in [5.74, 6) is 1.74. The fourth-order valence-corrected chi connectivity index (χ4v) is 3.66. The number of hydrogen-bond acceptors (Lipinski definition) is 3. The van der Waals surface area contributed by atoms with Gasteiger partial charge in [0, 0.05) is 52.0 Å². The third-order valence-corrected chi connectivity index (χ3v) is 5.38. The summed E-state index contributed by atoms with van der Waals surface area (Å²) >= 11 is 0. The summed E-state index contributed by atoms with van der Waals surface area (Å²) in [4.78, 5) is 6.71. The molecule has 1 aliphatic rings. The highest BCUT2D eigenvalue weighted by Crippen LogP contribution is 2.19. The SMILES string of the molecule is CN=C(NCC(C)(C)NC(C)c1ccccc1)N(C)CCC1CCOCC1.I. The van der Waals surface area contributed by atoms with E-state index in [1.807, 2.05) is 7.05 Å². The number of aliphatic imine (C=N–C) groups is 1. The molecule has 160 valence electrons. The monoisotopic (exact) mass is 502 g/mol. The van der Waals surface area contributed by atoms with Crippen molar-refractivity contribution in [3.8, 4) is 0 Å². The average molecular weight is 502 g/mol. The van der Waals surface area contributed by atoms with Crippen LogP contribution in [0.5, 0.6) is 0 Å². The maximum Gasteiger partial charge on any atom is 0.193 e. The molecule has 2 N–H and O–H groups in total. The van der Waals surface area contributed by atoms with E-state index in [1.165, 1.54) is 24.8 Å². The Bertz CT molecular complexity index is 573. The molecule has 1 unspecified atom stereocenters. The highest BCUT2D eigenvalue weighted by molar-refractivity contribution is 14.0. The first-order valence-corrected chi connectivity index (χ1v) is 10.2. The van der Waals surface area contributed by atoms with Gasteiger partial charge in [-0.05, 0) is 51.5 Å². The number of nitrogens with zero attached hydrogens (tertiary/aromatic N) is 2. The summed E-state index contributed by atoms with van der Waals surface area (Å²) in [6.07, 6.45) is 3.58. The third-order valence-electron chi connectivity index (χ3n) is 5.38. The van der Waals surface area contributed by atoms with Crippen LogP contribution in [0.15, 0.2) is 35.3 Å². The molecule has 5 nitrogen and oxygen atoms in total. The Morgan fingerprint density at radius 3 is 2.50 bits per heavy atom. The molecule has 1 heterocycles. The van der Waals surface area contributed by atoms with Crippen LogP contribution < -0.4 is 10.6 Å². The topological polar surface area (TPSA) is 48.9 Å². The van der Waals surface area contributed by atoms with E-state index in [2.05, 4.69) is 78.7 Å². The number of benzene rings is 1. The van der Waals surface area contributed by atoms with Gasteiger partial charge in [-0.25, -0.2) is 0 Å². The van der Waals surface area contributed by atoms with E-state index in [-0.39, 0.29) is 29.5 Å². The summed E-state index contributed by atoms with van der Waals surface area (Å²) in [5.41, 5.74) is 1.26. The molecule has 0 aromatic heterocycles. The van der Waals surface area contributed by atoms with Crippen molar-refractivity contribution in [3.63, 3.8) is 0 Å². The molecule has 0 spiro atoms. The molecule has 1 atom stereocenters.